The van der Waals surface area contributed by atoms with Gasteiger partial charge in [0.05, 0.1) is 6.21 Å². The first-order valence-corrected chi connectivity index (χ1v) is 9.56. The number of fused-ring (bicyclic) bond motifs is 1. The van der Waals surface area contributed by atoms with Crippen LogP contribution in [-0.4, -0.2) is 33.4 Å². The highest BCUT2D eigenvalue weighted by molar-refractivity contribution is 8.15. The van der Waals surface area contributed by atoms with Crippen LogP contribution >= 0.6 is 11.8 Å². The Morgan fingerprint density at radius 3 is 2.79 bits per heavy atom. The summed E-state index contributed by atoms with van der Waals surface area (Å²) in [5, 5.41) is 14.5. The van der Waals surface area contributed by atoms with Gasteiger partial charge in [-0.2, -0.15) is 5.10 Å². The van der Waals surface area contributed by atoms with Gasteiger partial charge in [0.2, 0.25) is 11.8 Å². The van der Waals surface area contributed by atoms with E-state index in [1.54, 1.807) is 18.3 Å². The summed E-state index contributed by atoms with van der Waals surface area (Å²) in [6.45, 7) is 0. The Bertz CT molecular complexity index is 1070. The number of thioether (sulfide) groups is 1. The summed E-state index contributed by atoms with van der Waals surface area (Å²) < 4.78 is 0. The first kappa shape index (κ1) is 18.0. The molecule has 1 atom stereocenters. The third-order valence-electron chi connectivity index (χ3n) is 4.17. The maximum absolute atomic E-state index is 12.1. The number of nitrogens with one attached hydrogen (secondary N) is 3. The first-order chi connectivity index (χ1) is 13.7. The maximum Gasteiger partial charge on any atom is 0.240 e. The molecule has 28 heavy (non-hydrogen) atoms. The van der Waals surface area contributed by atoms with Crippen molar-refractivity contribution in [1.82, 2.24) is 10.3 Å². The largest absolute Gasteiger partial charge is 0.361 e. The van der Waals surface area contributed by atoms with E-state index in [0.29, 0.717) is 10.9 Å². The third kappa shape index (κ3) is 4.12. The average molecular weight is 391 g/mol. The molecule has 8 heteroatoms. The van der Waals surface area contributed by atoms with Gasteiger partial charge in [-0.3, -0.25) is 9.59 Å². The molecule has 2 aromatic carbocycles. The van der Waals surface area contributed by atoms with Crippen LogP contribution in [-0.2, 0) is 9.59 Å². The highest BCUT2D eigenvalue weighted by Gasteiger charge is 2.32. The summed E-state index contributed by atoms with van der Waals surface area (Å²) in [5.74, 6) is -0.461. The van der Waals surface area contributed by atoms with E-state index in [1.807, 2.05) is 48.7 Å². The fourth-order valence-corrected chi connectivity index (χ4v) is 3.76. The smallest absolute Gasteiger partial charge is 0.240 e. The van der Waals surface area contributed by atoms with Gasteiger partial charge in [0.1, 0.15) is 5.25 Å². The molecule has 1 aliphatic heterocycles. The molecule has 0 bridgehead atoms. The molecule has 1 saturated heterocycles. The number of amides is 2. The molecular formula is C20H17N5O2S. The Balaban J connectivity index is 1.36. The molecule has 0 aliphatic carbocycles. The number of amidine groups is 1. The second-order valence-corrected chi connectivity index (χ2v) is 7.34. The van der Waals surface area contributed by atoms with E-state index >= 15 is 0 Å². The molecule has 4 rings (SSSR count). The molecule has 1 aliphatic rings. The first-order valence-electron chi connectivity index (χ1n) is 8.68. The number of benzene rings is 2. The van der Waals surface area contributed by atoms with Crippen molar-refractivity contribution in [2.24, 2.45) is 10.2 Å². The van der Waals surface area contributed by atoms with E-state index in [9.17, 15) is 9.59 Å². The van der Waals surface area contributed by atoms with Crippen LogP contribution in [0.2, 0.25) is 0 Å². The highest BCUT2D eigenvalue weighted by atomic mass is 32.2. The number of aromatic nitrogens is 1. The molecule has 3 N–H and O–H groups in total. The SMILES string of the molecule is O=C(C[C@@H]1S/C(=N/N=C/c2c[nH]c3ccccc23)NC1=O)Nc1ccccc1. The van der Waals surface area contributed by atoms with Gasteiger partial charge in [-0.05, 0) is 18.2 Å². The Kier molecular flexibility index (Phi) is 5.20. The van der Waals surface area contributed by atoms with E-state index in [4.69, 9.17) is 0 Å². The van der Waals surface area contributed by atoms with Crippen LogP contribution in [0.1, 0.15) is 12.0 Å². The molecule has 0 spiro atoms. The van der Waals surface area contributed by atoms with E-state index in [0.717, 1.165) is 16.5 Å². The minimum absolute atomic E-state index is 0.0660. The molecular weight excluding hydrogens is 374 g/mol. The molecule has 3 aromatic rings. The minimum atomic E-state index is -0.522. The van der Waals surface area contributed by atoms with Crippen LogP contribution in [0.4, 0.5) is 5.69 Å². The van der Waals surface area contributed by atoms with E-state index in [1.165, 1.54) is 11.8 Å². The summed E-state index contributed by atoms with van der Waals surface area (Å²) in [7, 11) is 0. The van der Waals surface area contributed by atoms with Gasteiger partial charge in [0.25, 0.3) is 0 Å². The van der Waals surface area contributed by atoms with E-state index in [2.05, 4.69) is 25.8 Å². The second kappa shape index (κ2) is 8.10. The summed E-state index contributed by atoms with van der Waals surface area (Å²) in [4.78, 5) is 27.4. The Morgan fingerprint density at radius 2 is 1.93 bits per heavy atom. The second-order valence-electron chi connectivity index (χ2n) is 6.15. The van der Waals surface area contributed by atoms with Crippen molar-refractivity contribution >= 4 is 51.5 Å². The van der Waals surface area contributed by atoms with Crippen molar-refractivity contribution in [3.8, 4) is 0 Å². The summed E-state index contributed by atoms with van der Waals surface area (Å²) in [5.41, 5.74) is 2.63. The number of anilines is 1. The molecule has 1 fully saturated rings. The number of hydrogen-bond donors (Lipinski definition) is 3. The topological polar surface area (TPSA) is 98.7 Å². The molecule has 140 valence electrons. The predicted octanol–water partition coefficient (Wildman–Crippen LogP) is 3.12. The van der Waals surface area contributed by atoms with Crippen molar-refractivity contribution in [3.63, 3.8) is 0 Å². The number of para-hydroxylation sites is 2. The number of H-pyrrole nitrogens is 1. The van der Waals surface area contributed by atoms with Crippen molar-refractivity contribution in [1.29, 1.82) is 0 Å². The predicted molar refractivity (Wildman–Crippen MR) is 113 cm³/mol. The van der Waals surface area contributed by atoms with Gasteiger partial charge in [0.15, 0.2) is 5.17 Å². The van der Waals surface area contributed by atoms with Crippen LogP contribution in [0.3, 0.4) is 0 Å². The zero-order valence-corrected chi connectivity index (χ0v) is 15.6. The molecule has 0 saturated carbocycles. The lowest BCUT2D eigenvalue weighted by atomic mass is 10.2. The normalized spacial score (nSPS) is 18.1. The van der Waals surface area contributed by atoms with Crippen molar-refractivity contribution in [2.45, 2.75) is 11.7 Å². The molecule has 1 aromatic heterocycles. The third-order valence-corrected chi connectivity index (χ3v) is 5.24. The monoisotopic (exact) mass is 391 g/mol. The van der Waals surface area contributed by atoms with Crippen LogP contribution < -0.4 is 10.6 Å². The molecule has 0 unspecified atom stereocenters. The lowest BCUT2D eigenvalue weighted by Gasteiger charge is -2.06. The zero-order valence-electron chi connectivity index (χ0n) is 14.8. The standard InChI is InChI=1S/C20H17N5O2S/c26-18(23-14-6-2-1-3-7-14)10-17-19(27)24-20(28-17)25-22-12-13-11-21-16-9-5-4-8-15(13)16/h1-9,11-12,17,21H,10H2,(H,23,26)(H,24,25,27)/b22-12+/t17-/m0/s1. The summed E-state index contributed by atoms with van der Waals surface area (Å²) >= 11 is 1.21. The molecule has 0 radical (unpaired) electrons. The number of carbonyl (C=O) groups is 2. The Hall–Kier alpha value is -3.39. The number of hydrogen-bond acceptors (Lipinski definition) is 5. The fourth-order valence-electron chi connectivity index (χ4n) is 2.83. The highest BCUT2D eigenvalue weighted by Crippen LogP contribution is 2.23. The Labute approximate surface area is 165 Å². The van der Waals surface area contributed by atoms with Gasteiger partial charge in [0, 0.05) is 34.8 Å². The van der Waals surface area contributed by atoms with Gasteiger partial charge in [-0.15, -0.1) is 5.10 Å². The van der Waals surface area contributed by atoms with E-state index in [-0.39, 0.29) is 18.2 Å². The summed E-state index contributed by atoms with van der Waals surface area (Å²) in [6, 6.07) is 17.0. The van der Waals surface area contributed by atoms with Gasteiger partial charge in [-0.1, -0.05) is 48.2 Å². The fraction of sp³-hybridized carbons (Fsp3) is 0.100. The van der Waals surface area contributed by atoms with Crippen molar-refractivity contribution < 1.29 is 9.59 Å². The van der Waals surface area contributed by atoms with Crippen molar-refractivity contribution in [3.05, 3.63) is 66.4 Å². The lowest BCUT2D eigenvalue weighted by Crippen LogP contribution is -2.28. The number of aromatic amines is 1. The van der Waals surface area contributed by atoms with Gasteiger partial charge in [-0.25, -0.2) is 0 Å². The van der Waals surface area contributed by atoms with Gasteiger partial charge < -0.3 is 15.6 Å². The molecule has 7 nitrogen and oxygen atoms in total. The van der Waals surface area contributed by atoms with Crippen LogP contribution in [0, 0.1) is 0 Å². The Morgan fingerprint density at radius 1 is 1.14 bits per heavy atom. The number of nitrogens with zero attached hydrogens (tertiary/aromatic N) is 2. The zero-order chi connectivity index (χ0) is 19.3. The van der Waals surface area contributed by atoms with Crippen LogP contribution in [0.5, 0.6) is 0 Å². The average Bonchev–Trinajstić information content (AvgIpc) is 3.26. The number of rotatable bonds is 5. The van der Waals surface area contributed by atoms with Crippen molar-refractivity contribution in [2.75, 3.05) is 5.32 Å². The number of carbonyl (C=O) groups excluding carboxylic acids is 2. The van der Waals surface area contributed by atoms with Gasteiger partial charge >= 0.3 is 0 Å². The van der Waals surface area contributed by atoms with E-state index < -0.39 is 5.25 Å². The molecule has 2 heterocycles. The van der Waals surface area contributed by atoms with Crippen LogP contribution in [0.25, 0.3) is 10.9 Å². The molecule has 2 amide bonds. The lowest BCUT2D eigenvalue weighted by molar-refractivity contribution is -0.122. The minimum Gasteiger partial charge on any atom is -0.361 e. The maximum atomic E-state index is 12.1. The summed E-state index contributed by atoms with van der Waals surface area (Å²) in [6.07, 6.45) is 3.55. The quantitative estimate of drug-likeness (QED) is 0.460. The van der Waals surface area contributed by atoms with Crippen LogP contribution in [0.15, 0.2) is 71.0 Å².